The molecular formula is C12H26O2. The molecule has 0 saturated carbocycles. The van der Waals surface area contributed by atoms with Crippen molar-refractivity contribution in [2.45, 2.75) is 47.0 Å². The normalized spacial score (nSPS) is 12.0. The fraction of sp³-hybridized carbons (Fsp3) is 1.00. The third-order valence-electron chi connectivity index (χ3n) is 2.76. The summed E-state index contributed by atoms with van der Waals surface area (Å²) in [5, 5.41) is 0. The average molecular weight is 202 g/mol. The third-order valence-corrected chi connectivity index (χ3v) is 2.76. The van der Waals surface area contributed by atoms with Crippen molar-refractivity contribution in [2.24, 2.45) is 5.41 Å². The number of hydrogen-bond acceptors (Lipinski definition) is 2. The monoisotopic (exact) mass is 202 g/mol. The Morgan fingerprint density at radius 1 is 0.857 bits per heavy atom. The van der Waals surface area contributed by atoms with Gasteiger partial charge in [-0.15, -0.1) is 0 Å². The maximum atomic E-state index is 5.56. The van der Waals surface area contributed by atoms with E-state index in [0.717, 1.165) is 32.8 Å². The highest BCUT2D eigenvalue weighted by molar-refractivity contribution is 4.77. The van der Waals surface area contributed by atoms with Crippen molar-refractivity contribution >= 4 is 0 Å². The molecule has 0 aromatic carbocycles. The smallest absolute Gasteiger partial charge is 0.0544 e. The molecule has 0 aromatic heterocycles. The predicted molar refractivity (Wildman–Crippen MR) is 60.6 cm³/mol. The topological polar surface area (TPSA) is 18.5 Å². The Morgan fingerprint density at radius 3 is 1.64 bits per heavy atom. The van der Waals surface area contributed by atoms with E-state index >= 15 is 0 Å². The Labute approximate surface area is 89.0 Å². The van der Waals surface area contributed by atoms with E-state index in [4.69, 9.17) is 9.47 Å². The first kappa shape index (κ1) is 13.9. The first-order chi connectivity index (χ1) is 6.74. The Bertz CT molecular complexity index is 115. The van der Waals surface area contributed by atoms with Crippen LogP contribution in [0.3, 0.4) is 0 Å². The molecule has 0 amide bonds. The Hall–Kier alpha value is -0.0800. The molecule has 0 saturated heterocycles. The minimum Gasteiger partial charge on any atom is -0.381 e. The van der Waals surface area contributed by atoms with Crippen LogP contribution in [0.5, 0.6) is 0 Å². The molecule has 0 aromatic rings. The minimum atomic E-state index is 0.251. The van der Waals surface area contributed by atoms with Crippen molar-refractivity contribution < 1.29 is 9.47 Å². The summed E-state index contributed by atoms with van der Waals surface area (Å²) >= 11 is 0. The van der Waals surface area contributed by atoms with Gasteiger partial charge in [0.2, 0.25) is 0 Å². The van der Waals surface area contributed by atoms with Crippen molar-refractivity contribution in [3.8, 4) is 0 Å². The predicted octanol–water partition coefficient (Wildman–Crippen LogP) is 3.26. The molecule has 0 aliphatic rings. The van der Waals surface area contributed by atoms with E-state index < -0.39 is 0 Å². The van der Waals surface area contributed by atoms with Crippen LogP contribution < -0.4 is 0 Å². The van der Waals surface area contributed by atoms with Crippen molar-refractivity contribution in [1.29, 1.82) is 0 Å². The van der Waals surface area contributed by atoms with Gasteiger partial charge < -0.3 is 9.47 Å². The molecule has 2 nitrogen and oxygen atoms in total. The molecule has 2 heteroatoms. The van der Waals surface area contributed by atoms with Crippen LogP contribution in [0.15, 0.2) is 0 Å². The molecule has 0 aliphatic heterocycles. The number of hydrogen-bond donors (Lipinski definition) is 0. The van der Waals surface area contributed by atoms with Crippen LogP contribution in [0.4, 0.5) is 0 Å². The van der Waals surface area contributed by atoms with E-state index in [-0.39, 0.29) is 5.41 Å². The van der Waals surface area contributed by atoms with Crippen LogP contribution in [0, 0.1) is 5.41 Å². The SMILES string of the molecule is CCCC(CC)(COCC)COCC. The van der Waals surface area contributed by atoms with Crippen LogP contribution in [0.25, 0.3) is 0 Å². The fourth-order valence-corrected chi connectivity index (χ4v) is 1.73. The largest absolute Gasteiger partial charge is 0.381 e. The van der Waals surface area contributed by atoms with Gasteiger partial charge in [0, 0.05) is 18.6 Å². The zero-order chi connectivity index (χ0) is 10.9. The van der Waals surface area contributed by atoms with Crippen molar-refractivity contribution in [3.05, 3.63) is 0 Å². The van der Waals surface area contributed by atoms with E-state index in [2.05, 4.69) is 13.8 Å². The molecule has 0 atom stereocenters. The van der Waals surface area contributed by atoms with Gasteiger partial charge in [-0.1, -0.05) is 20.3 Å². The second-order valence-electron chi connectivity index (χ2n) is 3.88. The summed E-state index contributed by atoms with van der Waals surface area (Å²) < 4.78 is 11.1. The lowest BCUT2D eigenvalue weighted by molar-refractivity contribution is -0.0242. The minimum absolute atomic E-state index is 0.251. The zero-order valence-corrected chi connectivity index (χ0v) is 10.3. The molecule has 0 N–H and O–H groups in total. The molecule has 86 valence electrons. The molecule has 0 aliphatic carbocycles. The summed E-state index contributed by atoms with van der Waals surface area (Å²) in [6.07, 6.45) is 3.54. The molecule has 0 radical (unpaired) electrons. The van der Waals surface area contributed by atoms with Crippen LogP contribution in [-0.2, 0) is 9.47 Å². The second kappa shape index (κ2) is 8.25. The summed E-state index contributed by atoms with van der Waals surface area (Å²) in [4.78, 5) is 0. The van der Waals surface area contributed by atoms with E-state index in [1.54, 1.807) is 0 Å². The molecule has 0 bridgehead atoms. The zero-order valence-electron chi connectivity index (χ0n) is 10.3. The highest BCUT2D eigenvalue weighted by Gasteiger charge is 2.27. The van der Waals surface area contributed by atoms with Gasteiger partial charge in [0.1, 0.15) is 0 Å². The van der Waals surface area contributed by atoms with Crippen LogP contribution in [0.2, 0.25) is 0 Å². The summed E-state index contributed by atoms with van der Waals surface area (Å²) in [6.45, 7) is 11.8. The van der Waals surface area contributed by atoms with Crippen molar-refractivity contribution in [3.63, 3.8) is 0 Å². The first-order valence-corrected chi connectivity index (χ1v) is 5.90. The second-order valence-corrected chi connectivity index (χ2v) is 3.88. The van der Waals surface area contributed by atoms with Crippen LogP contribution in [-0.4, -0.2) is 26.4 Å². The van der Waals surface area contributed by atoms with E-state index in [0.29, 0.717) is 0 Å². The Balaban J connectivity index is 4.11. The lowest BCUT2D eigenvalue weighted by Crippen LogP contribution is -2.32. The molecule has 0 spiro atoms. The summed E-state index contributed by atoms with van der Waals surface area (Å²) in [7, 11) is 0. The number of ether oxygens (including phenoxy) is 2. The maximum absolute atomic E-state index is 5.56. The lowest BCUT2D eigenvalue weighted by Gasteiger charge is -2.31. The van der Waals surface area contributed by atoms with Gasteiger partial charge in [-0.3, -0.25) is 0 Å². The number of rotatable bonds is 9. The van der Waals surface area contributed by atoms with Gasteiger partial charge in [0.25, 0.3) is 0 Å². The Morgan fingerprint density at radius 2 is 1.36 bits per heavy atom. The first-order valence-electron chi connectivity index (χ1n) is 5.90. The molecule has 0 rings (SSSR count). The molecular weight excluding hydrogens is 176 g/mol. The molecule has 0 unspecified atom stereocenters. The lowest BCUT2D eigenvalue weighted by atomic mass is 9.82. The van der Waals surface area contributed by atoms with E-state index in [9.17, 15) is 0 Å². The van der Waals surface area contributed by atoms with E-state index in [1.165, 1.54) is 12.8 Å². The molecule has 0 heterocycles. The Kier molecular flexibility index (Phi) is 8.20. The van der Waals surface area contributed by atoms with Crippen LogP contribution in [0.1, 0.15) is 47.0 Å². The van der Waals surface area contributed by atoms with Gasteiger partial charge in [-0.25, -0.2) is 0 Å². The van der Waals surface area contributed by atoms with E-state index in [1.807, 2.05) is 13.8 Å². The van der Waals surface area contributed by atoms with Gasteiger partial charge in [0.15, 0.2) is 0 Å². The van der Waals surface area contributed by atoms with Crippen LogP contribution >= 0.6 is 0 Å². The quantitative estimate of drug-likeness (QED) is 0.571. The maximum Gasteiger partial charge on any atom is 0.0544 e. The highest BCUT2D eigenvalue weighted by Crippen LogP contribution is 2.29. The molecule has 0 fully saturated rings. The summed E-state index contributed by atoms with van der Waals surface area (Å²) in [5.74, 6) is 0. The summed E-state index contributed by atoms with van der Waals surface area (Å²) in [5.41, 5.74) is 0.251. The van der Waals surface area contributed by atoms with Crippen molar-refractivity contribution in [2.75, 3.05) is 26.4 Å². The van der Waals surface area contributed by atoms with Gasteiger partial charge in [-0.2, -0.15) is 0 Å². The van der Waals surface area contributed by atoms with Gasteiger partial charge in [0.05, 0.1) is 13.2 Å². The average Bonchev–Trinajstić information content (AvgIpc) is 2.22. The van der Waals surface area contributed by atoms with Gasteiger partial charge in [-0.05, 0) is 26.7 Å². The van der Waals surface area contributed by atoms with Gasteiger partial charge >= 0.3 is 0 Å². The molecule has 14 heavy (non-hydrogen) atoms. The highest BCUT2D eigenvalue weighted by atomic mass is 16.5. The summed E-state index contributed by atoms with van der Waals surface area (Å²) in [6, 6.07) is 0. The standard InChI is InChI=1S/C12H26O2/c1-5-9-12(6-2,10-13-7-3)11-14-8-4/h5-11H2,1-4H3. The van der Waals surface area contributed by atoms with Crippen molar-refractivity contribution in [1.82, 2.24) is 0 Å². The fourth-order valence-electron chi connectivity index (χ4n) is 1.73. The third kappa shape index (κ3) is 4.97.